The topological polar surface area (TPSA) is 38.7 Å². The molecule has 0 amide bonds. The van der Waals surface area contributed by atoms with E-state index in [1.54, 1.807) is 19.2 Å². The minimum Gasteiger partial charge on any atom is -0.495 e. The third kappa shape index (κ3) is 3.06. The Morgan fingerprint density at radius 1 is 1.05 bits per heavy atom. The molecule has 20 heavy (non-hydrogen) atoms. The monoisotopic (exact) mass is 292 g/mol. The van der Waals surface area contributed by atoms with Crippen LogP contribution in [0.5, 0.6) is 11.5 Å². The first-order valence-electron chi connectivity index (χ1n) is 6.29. The third-order valence-electron chi connectivity index (χ3n) is 3.15. The standard InChI is InChI=1S/C16H17ClO3/c1-19-14-9-8-12(16(20-2)15(14)17)13(18)10-11-6-4-3-5-7-11/h3-9,13,18H,10H2,1-2H3. The second kappa shape index (κ2) is 6.64. The summed E-state index contributed by atoms with van der Waals surface area (Å²) in [6, 6.07) is 13.3. The van der Waals surface area contributed by atoms with Crippen LogP contribution in [-0.4, -0.2) is 19.3 Å². The minimum atomic E-state index is -0.684. The van der Waals surface area contributed by atoms with Gasteiger partial charge < -0.3 is 14.6 Å². The summed E-state index contributed by atoms with van der Waals surface area (Å²) in [4.78, 5) is 0. The molecule has 0 aliphatic heterocycles. The molecule has 2 rings (SSSR count). The smallest absolute Gasteiger partial charge is 0.147 e. The van der Waals surface area contributed by atoms with Crippen molar-refractivity contribution >= 4 is 11.6 Å². The molecule has 2 aromatic carbocycles. The number of aliphatic hydroxyl groups is 1. The van der Waals surface area contributed by atoms with Gasteiger partial charge in [-0.2, -0.15) is 0 Å². The molecule has 0 saturated heterocycles. The largest absolute Gasteiger partial charge is 0.495 e. The molecular formula is C16H17ClO3. The summed E-state index contributed by atoms with van der Waals surface area (Å²) in [5.74, 6) is 0.980. The Labute approximate surface area is 123 Å². The van der Waals surface area contributed by atoms with Gasteiger partial charge in [0.1, 0.15) is 16.5 Å². The lowest BCUT2D eigenvalue weighted by molar-refractivity contribution is 0.174. The van der Waals surface area contributed by atoms with Gasteiger partial charge >= 0.3 is 0 Å². The number of benzene rings is 2. The Morgan fingerprint density at radius 2 is 1.75 bits per heavy atom. The summed E-state index contributed by atoms with van der Waals surface area (Å²) in [7, 11) is 3.07. The van der Waals surface area contributed by atoms with Gasteiger partial charge in [-0.05, 0) is 17.7 Å². The molecule has 2 aromatic rings. The zero-order valence-electron chi connectivity index (χ0n) is 11.5. The lowest BCUT2D eigenvalue weighted by Gasteiger charge is -2.17. The first-order chi connectivity index (χ1) is 9.67. The molecule has 0 saturated carbocycles. The van der Waals surface area contributed by atoms with E-state index in [2.05, 4.69) is 0 Å². The molecular weight excluding hydrogens is 276 g/mol. The van der Waals surface area contributed by atoms with Crippen LogP contribution in [0, 0.1) is 0 Å². The summed E-state index contributed by atoms with van der Waals surface area (Å²) in [6.45, 7) is 0. The average molecular weight is 293 g/mol. The first-order valence-corrected chi connectivity index (χ1v) is 6.67. The van der Waals surface area contributed by atoms with Crippen LogP contribution in [0.2, 0.25) is 5.02 Å². The molecule has 0 spiro atoms. The number of methoxy groups -OCH3 is 2. The van der Waals surface area contributed by atoms with Crippen molar-refractivity contribution in [2.24, 2.45) is 0 Å². The van der Waals surface area contributed by atoms with Gasteiger partial charge in [0.2, 0.25) is 0 Å². The van der Waals surface area contributed by atoms with Gasteiger partial charge in [0.05, 0.1) is 20.3 Å². The summed E-state index contributed by atoms with van der Waals surface area (Å²) in [5, 5.41) is 10.8. The highest BCUT2D eigenvalue weighted by Gasteiger charge is 2.19. The van der Waals surface area contributed by atoms with Crippen molar-refractivity contribution in [3.05, 3.63) is 58.6 Å². The van der Waals surface area contributed by atoms with E-state index in [0.29, 0.717) is 28.5 Å². The van der Waals surface area contributed by atoms with Gasteiger partial charge in [-0.1, -0.05) is 41.9 Å². The van der Waals surface area contributed by atoms with Crippen molar-refractivity contribution in [3.63, 3.8) is 0 Å². The number of aliphatic hydroxyl groups excluding tert-OH is 1. The van der Waals surface area contributed by atoms with E-state index >= 15 is 0 Å². The van der Waals surface area contributed by atoms with Crippen LogP contribution < -0.4 is 9.47 Å². The van der Waals surface area contributed by atoms with E-state index in [9.17, 15) is 5.11 Å². The summed E-state index contributed by atoms with van der Waals surface area (Å²) in [6.07, 6.45) is -0.185. The molecule has 1 N–H and O–H groups in total. The van der Waals surface area contributed by atoms with Crippen molar-refractivity contribution in [2.45, 2.75) is 12.5 Å². The minimum absolute atomic E-state index is 0.375. The third-order valence-corrected chi connectivity index (χ3v) is 3.50. The highest BCUT2D eigenvalue weighted by Crippen LogP contribution is 2.40. The first kappa shape index (κ1) is 14.7. The number of rotatable bonds is 5. The number of hydrogen-bond donors (Lipinski definition) is 1. The molecule has 0 aliphatic rings. The molecule has 0 radical (unpaired) electrons. The van der Waals surface area contributed by atoms with Crippen LogP contribution >= 0.6 is 11.6 Å². The van der Waals surface area contributed by atoms with Gasteiger partial charge in [0.25, 0.3) is 0 Å². The molecule has 0 fully saturated rings. The van der Waals surface area contributed by atoms with Gasteiger partial charge in [0, 0.05) is 12.0 Å². The predicted molar refractivity (Wildman–Crippen MR) is 79.7 cm³/mol. The van der Waals surface area contributed by atoms with E-state index in [4.69, 9.17) is 21.1 Å². The fraction of sp³-hybridized carbons (Fsp3) is 0.250. The molecule has 0 aliphatic carbocycles. The van der Waals surface area contributed by atoms with Crippen LogP contribution in [0.25, 0.3) is 0 Å². The fourth-order valence-corrected chi connectivity index (χ4v) is 2.45. The zero-order chi connectivity index (χ0) is 14.5. The zero-order valence-corrected chi connectivity index (χ0v) is 12.2. The van der Waals surface area contributed by atoms with Crippen LogP contribution in [0.15, 0.2) is 42.5 Å². The second-order valence-electron chi connectivity index (χ2n) is 4.41. The predicted octanol–water partition coefficient (Wildman–Crippen LogP) is 3.63. The van der Waals surface area contributed by atoms with Crippen LogP contribution in [0.4, 0.5) is 0 Å². The van der Waals surface area contributed by atoms with E-state index in [0.717, 1.165) is 5.56 Å². The normalized spacial score (nSPS) is 12.0. The van der Waals surface area contributed by atoms with Crippen LogP contribution in [-0.2, 0) is 6.42 Å². The van der Waals surface area contributed by atoms with Crippen LogP contribution in [0.3, 0.4) is 0 Å². The summed E-state index contributed by atoms with van der Waals surface area (Å²) >= 11 is 6.20. The summed E-state index contributed by atoms with van der Waals surface area (Å²) in [5.41, 5.74) is 1.70. The number of halogens is 1. The van der Waals surface area contributed by atoms with Crippen LogP contribution in [0.1, 0.15) is 17.2 Å². The molecule has 106 valence electrons. The molecule has 4 heteroatoms. The van der Waals surface area contributed by atoms with Gasteiger partial charge in [-0.25, -0.2) is 0 Å². The summed E-state index contributed by atoms with van der Waals surface area (Å²) < 4.78 is 10.5. The Hall–Kier alpha value is -1.71. The maximum atomic E-state index is 10.4. The Bertz CT molecular complexity index is 569. The van der Waals surface area contributed by atoms with Crippen molar-refractivity contribution in [1.29, 1.82) is 0 Å². The molecule has 1 atom stereocenters. The van der Waals surface area contributed by atoms with Gasteiger partial charge in [-0.15, -0.1) is 0 Å². The Balaban J connectivity index is 2.30. The highest BCUT2D eigenvalue weighted by molar-refractivity contribution is 6.33. The van der Waals surface area contributed by atoms with Gasteiger partial charge in [0.15, 0.2) is 0 Å². The molecule has 0 heterocycles. The van der Waals surface area contributed by atoms with E-state index in [1.165, 1.54) is 7.11 Å². The maximum Gasteiger partial charge on any atom is 0.147 e. The van der Waals surface area contributed by atoms with Crippen molar-refractivity contribution < 1.29 is 14.6 Å². The van der Waals surface area contributed by atoms with E-state index in [-0.39, 0.29) is 0 Å². The van der Waals surface area contributed by atoms with Crippen molar-refractivity contribution in [1.82, 2.24) is 0 Å². The molecule has 3 nitrogen and oxygen atoms in total. The molecule has 0 bridgehead atoms. The lowest BCUT2D eigenvalue weighted by atomic mass is 10.0. The average Bonchev–Trinajstić information content (AvgIpc) is 2.47. The SMILES string of the molecule is COc1ccc(C(O)Cc2ccccc2)c(OC)c1Cl. The lowest BCUT2D eigenvalue weighted by Crippen LogP contribution is -2.05. The van der Waals surface area contributed by atoms with E-state index in [1.807, 2.05) is 30.3 Å². The van der Waals surface area contributed by atoms with Gasteiger partial charge in [-0.3, -0.25) is 0 Å². The molecule has 1 unspecified atom stereocenters. The second-order valence-corrected chi connectivity index (χ2v) is 4.79. The number of hydrogen-bond acceptors (Lipinski definition) is 3. The number of ether oxygens (including phenoxy) is 2. The van der Waals surface area contributed by atoms with E-state index < -0.39 is 6.10 Å². The Kier molecular flexibility index (Phi) is 4.88. The van der Waals surface area contributed by atoms with Crippen molar-refractivity contribution in [3.8, 4) is 11.5 Å². The molecule has 0 aromatic heterocycles. The van der Waals surface area contributed by atoms with Crippen molar-refractivity contribution in [2.75, 3.05) is 14.2 Å². The quantitative estimate of drug-likeness (QED) is 0.914. The fourth-order valence-electron chi connectivity index (χ4n) is 2.13. The highest BCUT2D eigenvalue weighted by atomic mass is 35.5. The Morgan fingerprint density at radius 3 is 2.35 bits per heavy atom. The maximum absolute atomic E-state index is 10.4.